The van der Waals surface area contributed by atoms with E-state index in [4.69, 9.17) is 11.6 Å². The van der Waals surface area contributed by atoms with Gasteiger partial charge in [0.05, 0.1) is 11.4 Å². The quantitative estimate of drug-likeness (QED) is 0.795. The summed E-state index contributed by atoms with van der Waals surface area (Å²) < 4.78 is 0. The van der Waals surface area contributed by atoms with Crippen LogP contribution in [0.15, 0.2) is 48.5 Å². The van der Waals surface area contributed by atoms with Crippen LogP contribution in [0.2, 0.25) is 5.02 Å². The van der Waals surface area contributed by atoms with Gasteiger partial charge in [0, 0.05) is 10.7 Å². The molecule has 3 rings (SSSR count). The molecule has 1 aliphatic rings. The molecule has 0 unspecified atom stereocenters. The van der Waals surface area contributed by atoms with E-state index in [9.17, 15) is 0 Å². The van der Waals surface area contributed by atoms with Gasteiger partial charge in [-0.3, -0.25) is 0 Å². The number of hydrogen-bond donors (Lipinski definition) is 1. The van der Waals surface area contributed by atoms with Gasteiger partial charge in [0.15, 0.2) is 0 Å². The Balaban J connectivity index is 2.06. The van der Waals surface area contributed by atoms with E-state index in [1.165, 1.54) is 0 Å². The molecule has 1 radical (unpaired) electrons. The molecule has 0 atom stereocenters. The number of nitrogens with zero attached hydrogens (tertiary/aromatic N) is 1. The second-order valence-electron chi connectivity index (χ2n) is 3.64. The van der Waals surface area contributed by atoms with Crippen molar-refractivity contribution in [2.45, 2.75) is 0 Å². The van der Waals surface area contributed by atoms with E-state index < -0.39 is 0 Å². The van der Waals surface area contributed by atoms with Crippen LogP contribution in [-0.2, 0) is 0 Å². The molecule has 0 spiro atoms. The fourth-order valence-corrected chi connectivity index (χ4v) is 2.00. The minimum absolute atomic E-state index is 0.747. The van der Waals surface area contributed by atoms with Crippen molar-refractivity contribution in [1.82, 2.24) is 0 Å². The number of benzene rings is 2. The smallest absolute Gasteiger partial charge is 0.144 e. The molecule has 0 saturated heterocycles. The predicted octanol–water partition coefficient (Wildman–Crippen LogP) is 4.02. The van der Waals surface area contributed by atoms with Crippen LogP contribution in [0.25, 0.3) is 0 Å². The van der Waals surface area contributed by atoms with Crippen LogP contribution < -0.4 is 10.2 Å². The first-order chi connectivity index (χ1) is 7.84. The van der Waals surface area contributed by atoms with Crippen LogP contribution in [0.1, 0.15) is 0 Å². The van der Waals surface area contributed by atoms with Crippen molar-refractivity contribution in [1.29, 1.82) is 0 Å². The third-order valence-electron chi connectivity index (χ3n) is 2.60. The number of nitrogens with one attached hydrogen (secondary N) is 1. The first kappa shape index (κ1) is 9.55. The summed E-state index contributed by atoms with van der Waals surface area (Å²) in [4.78, 5) is 2.08. The molecular formula is C13H10ClN2. The maximum Gasteiger partial charge on any atom is 0.144 e. The van der Waals surface area contributed by atoms with E-state index in [1.807, 2.05) is 43.1 Å². The fraction of sp³-hybridized carbons (Fsp3) is 0. The van der Waals surface area contributed by atoms with Crippen LogP contribution in [0, 0.1) is 6.67 Å². The summed E-state index contributed by atoms with van der Waals surface area (Å²) in [5.41, 5.74) is 3.28. The van der Waals surface area contributed by atoms with Gasteiger partial charge in [-0.2, -0.15) is 0 Å². The van der Waals surface area contributed by atoms with Gasteiger partial charge < -0.3 is 10.2 Å². The largest absolute Gasteiger partial charge is 0.360 e. The van der Waals surface area contributed by atoms with E-state index in [-0.39, 0.29) is 0 Å². The number of hydrogen-bond acceptors (Lipinski definition) is 2. The summed E-state index contributed by atoms with van der Waals surface area (Å²) in [5, 5.41) is 3.97. The Hall–Kier alpha value is -1.67. The fourth-order valence-electron chi connectivity index (χ4n) is 1.83. The molecule has 0 aliphatic carbocycles. The summed E-state index contributed by atoms with van der Waals surface area (Å²) >= 11 is 6.01. The molecule has 2 nitrogen and oxygen atoms in total. The van der Waals surface area contributed by atoms with Crippen molar-refractivity contribution in [2.75, 3.05) is 10.2 Å². The number of para-hydroxylation sites is 1. The minimum Gasteiger partial charge on any atom is -0.360 e. The Morgan fingerprint density at radius 2 is 1.81 bits per heavy atom. The number of rotatable bonds is 1. The Morgan fingerprint density at radius 3 is 2.62 bits per heavy atom. The molecule has 3 heteroatoms. The predicted molar refractivity (Wildman–Crippen MR) is 68.0 cm³/mol. The molecule has 16 heavy (non-hydrogen) atoms. The summed E-state index contributed by atoms with van der Waals surface area (Å²) in [6, 6.07) is 16.0. The topological polar surface area (TPSA) is 15.3 Å². The van der Waals surface area contributed by atoms with E-state index >= 15 is 0 Å². The van der Waals surface area contributed by atoms with E-state index in [0.29, 0.717) is 0 Å². The van der Waals surface area contributed by atoms with Gasteiger partial charge in [-0.25, -0.2) is 0 Å². The highest BCUT2D eigenvalue weighted by molar-refractivity contribution is 6.31. The van der Waals surface area contributed by atoms with Crippen LogP contribution in [0.3, 0.4) is 0 Å². The van der Waals surface area contributed by atoms with Gasteiger partial charge >= 0.3 is 0 Å². The van der Waals surface area contributed by atoms with Crippen molar-refractivity contribution in [3.8, 4) is 0 Å². The Morgan fingerprint density at radius 1 is 1.00 bits per heavy atom. The standard InChI is InChI=1S/C13H10ClN2/c14-10-6-7-12-13(8-10)16(9-15-12)11-4-2-1-3-5-11/h1-9,15H. The zero-order valence-electron chi connectivity index (χ0n) is 8.52. The molecule has 0 saturated carbocycles. The molecular weight excluding hydrogens is 220 g/mol. The SMILES string of the molecule is Clc1ccc2c(c1)N(c1ccccc1)[CH]N2. The second-order valence-corrected chi connectivity index (χ2v) is 4.08. The van der Waals surface area contributed by atoms with Crippen molar-refractivity contribution in [3.05, 3.63) is 60.2 Å². The number of halogens is 1. The Bertz CT molecular complexity index is 511. The summed E-state index contributed by atoms with van der Waals surface area (Å²) in [6.07, 6.45) is 0. The summed E-state index contributed by atoms with van der Waals surface area (Å²) in [5.74, 6) is 0. The summed E-state index contributed by atoms with van der Waals surface area (Å²) in [6.45, 7) is 1.94. The van der Waals surface area contributed by atoms with Crippen molar-refractivity contribution < 1.29 is 0 Å². The Labute approximate surface area is 99.5 Å². The third-order valence-corrected chi connectivity index (χ3v) is 2.84. The average molecular weight is 230 g/mol. The van der Waals surface area contributed by atoms with Gasteiger partial charge in [-0.1, -0.05) is 29.8 Å². The maximum atomic E-state index is 6.01. The zero-order chi connectivity index (χ0) is 11.0. The lowest BCUT2D eigenvalue weighted by Crippen LogP contribution is -2.09. The molecule has 1 aliphatic heterocycles. The molecule has 0 aromatic heterocycles. The third kappa shape index (κ3) is 1.51. The van der Waals surface area contributed by atoms with Crippen molar-refractivity contribution in [3.63, 3.8) is 0 Å². The normalized spacial score (nSPS) is 13.4. The average Bonchev–Trinajstić information content (AvgIpc) is 2.73. The molecule has 1 N–H and O–H groups in total. The van der Waals surface area contributed by atoms with E-state index in [1.54, 1.807) is 0 Å². The van der Waals surface area contributed by atoms with E-state index in [2.05, 4.69) is 22.3 Å². The highest BCUT2D eigenvalue weighted by Crippen LogP contribution is 2.39. The van der Waals surface area contributed by atoms with Gasteiger partial charge in [0.25, 0.3) is 0 Å². The molecule has 2 aromatic rings. The first-order valence-corrected chi connectivity index (χ1v) is 5.46. The molecule has 79 valence electrons. The van der Waals surface area contributed by atoms with Crippen LogP contribution in [0.4, 0.5) is 17.1 Å². The van der Waals surface area contributed by atoms with Gasteiger partial charge in [-0.15, -0.1) is 0 Å². The molecule has 0 bridgehead atoms. The van der Waals surface area contributed by atoms with Gasteiger partial charge in [-0.05, 0) is 30.3 Å². The summed E-state index contributed by atoms with van der Waals surface area (Å²) in [7, 11) is 0. The Kier molecular flexibility index (Phi) is 2.22. The van der Waals surface area contributed by atoms with Crippen molar-refractivity contribution in [2.24, 2.45) is 0 Å². The van der Waals surface area contributed by atoms with Gasteiger partial charge in [0.2, 0.25) is 0 Å². The van der Waals surface area contributed by atoms with Crippen molar-refractivity contribution >= 4 is 28.7 Å². The maximum absolute atomic E-state index is 6.01. The second kappa shape index (κ2) is 3.72. The lowest BCUT2D eigenvalue weighted by atomic mass is 10.2. The van der Waals surface area contributed by atoms with Crippen LogP contribution >= 0.6 is 11.6 Å². The lowest BCUT2D eigenvalue weighted by Gasteiger charge is -2.17. The van der Waals surface area contributed by atoms with Crippen LogP contribution in [0.5, 0.6) is 0 Å². The number of fused-ring (bicyclic) bond motifs is 1. The highest BCUT2D eigenvalue weighted by Gasteiger charge is 2.20. The molecule has 0 amide bonds. The highest BCUT2D eigenvalue weighted by atomic mass is 35.5. The zero-order valence-corrected chi connectivity index (χ0v) is 9.28. The molecule has 1 heterocycles. The minimum atomic E-state index is 0.747. The monoisotopic (exact) mass is 229 g/mol. The van der Waals surface area contributed by atoms with E-state index in [0.717, 1.165) is 22.1 Å². The first-order valence-electron chi connectivity index (χ1n) is 5.08. The lowest BCUT2D eigenvalue weighted by molar-refractivity contribution is 1.23. The van der Waals surface area contributed by atoms with Crippen LogP contribution in [-0.4, -0.2) is 0 Å². The molecule has 0 fully saturated rings. The molecule has 2 aromatic carbocycles. The number of anilines is 3. The van der Waals surface area contributed by atoms with Gasteiger partial charge in [0.1, 0.15) is 6.67 Å².